The number of halogens is 2. The molecule has 0 heterocycles. The molecule has 0 unspecified atom stereocenters. The molecule has 0 bridgehead atoms. The Labute approximate surface area is 119 Å². The Kier molecular flexibility index (Phi) is 5.95. The molecule has 0 spiro atoms. The normalized spacial score (nSPS) is 10.1. The van der Waals surface area contributed by atoms with E-state index in [1.807, 2.05) is 0 Å². The number of carbonyl (C=O) groups is 2. The van der Waals surface area contributed by atoms with Crippen molar-refractivity contribution < 1.29 is 18.7 Å². The summed E-state index contributed by atoms with van der Waals surface area (Å²) in [5.74, 6) is -1.19. The standard InChI is InChI=1S/C13H15BrFNO3/c1-3-19-12(17)6-7-16(2)13(18)10-8-9(15)4-5-11(10)14/h4-5,8H,3,6-7H2,1-2H3. The Morgan fingerprint density at radius 3 is 2.74 bits per heavy atom. The fourth-order valence-electron chi connectivity index (χ4n) is 1.46. The minimum atomic E-state index is -0.481. The second-order valence-electron chi connectivity index (χ2n) is 3.91. The van der Waals surface area contributed by atoms with E-state index in [-0.39, 0.29) is 30.4 Å². The minimum absolute atomic E-state index is 0.114. The first-order valence-electron chi connectivity index (χ1n) is 5.81. The van der Waals surface area contributed by atoms with Crippen LogP contribution in [-0.4, -0.2) is 37.0 Å². The average Bonchev–Trinajstić information content (AvgIpc) is 2.38. The van der Waals surface area contributed by atoms with Gasteiger partial charge in [0.05, 0.1) is 18.6 Å². The lowest BCUT2D eigenvalue weighted by Gasteiger charge is -2.17. The van der Waals surface area contributed by atoms with Gasteiger partial charge in [-0.3, -0.25) is 9.59 Å². The molecule has 1 rings (SSSR count). The Bertz CT molecular complexity index is 479. The van der Waals surface area contributed by atoms with Gasteiger partial charge in [-0.15, -0.1) is 0 Å². The number of carbonyl (C=O) groups excluding carboxylic acids is 2. The highest BCUT2D eigenvalue weighted by molar-refractivity contribution is 9.10. The van der Waals surface area contributed by atoms with Crippen molar-refractivity contribution in [3.05, 3.63) is 34.1 Å². The van der Waals surface area contributed by atoms with Gasteiger partial charge in [0.2, 0.25) is 0 Å². The monoisotopic (exact) mass is 331 g/mol. The number of hydrogen-bond acceptors (Lipinski definition) is 3. The molecule has 0 aliphatic carbocycles. The van der Waals surface area contributed by atoms with Crippen LogP contribution in [0.15, 0.2) is 22.7 Å². The van der Waals surface area contributed by atoms with Crippen LogP contribution in [0, 0.1) is 5.82 Å². The lowest BCUT2D eigenvalue weighted by Crippen LogP contribution is -2.29. The van der Waals surface area contributed by atoms with E-state index in [1.54, 1.807) is 14.0 Å². The summed E-state index contributed by atoms with van der Waals surface area (Å²) in [6.45, 7) is 2.25. The second-order valence-corrected chi connectivity index (χ2v) is 4.76. The number of amides is 1. The van der Waals surface area contributed by atoms with Crippen LogP contribution in [-0.2, 0) is 9.53 Å². The van der Waals surface area contributed by atoms with Crippen LogP contribution >= 0.6 is 15.9 Å². The first-order valence-corrected chi connectivity index (χ1v) is 6.61. The van der Waals surface area contributed by atoms with E-state index in [0.29, 0.717) is 11.1 Å². The van der Waals surface area contributed by atoms with Gasteiger partial charge >= 0.3 is 5.97 Å². The van der Waals surface area contributed by atoms with Crippen molar-refractivity contribution in [1.29, 1.82) is 0 Å². The highest BCUT2D eigenvalue weighted by Gasteiger charge is 2.16. The predicted octanol–water partition coefficient (Wildman–Crippen LogP) is 2.61. The van der Waals surface area contributed by atoms with Crippen LogP contribution in [0.4, 0.5) is 4.39 Å². The summed E-state index contributed by atoms with van der Waals surface area (Å²) in [6, 6.07) is 3.90. The van der Waals surface area contributed by atoms with Gasteiger partial charge in [-0.1, -0.05) is 0 Å². The predicted molar refractivity (Wildman–Crippen MR) is 72.3 cm³/mol. The number of nitrogens with zero attached hydrogens (tertiary/aromatic N) is 1. The van der Waals surface area contributed by atoms with Crippen molar-refractivity contribution in [2.45, 2.75) is 13.3 Å². The minimum Gasteiger partial charge on any atom is -0.466 e. The molecular formula is C13H15BrFNO3. The van der Waals surface area contributed by atoms with Gasteiger partial charge in [-0.2, -0.15) is 0 Å². The van der Waals surface area contributed by atoms with Gasteiger partial charge in [-0.05, 0) is 41.1 Å². The number of esters is 1. The van der Waals surface area contributed by atoms with Crippen LogP contribution in [0.1, 0.15) is 23.7 Å². The summed E-state index contributed by atoms with van der Waals surface area (Å²) in [7, 11) is 1.55. The Balaban J connectivity index is 2.66. The van der Waals surface area contributed by atoms with E-state index in [9.17, 15) is 14.0 Å². The molecule has 0 saturated heterocycles. The molecule has 19 heavy (non-hydrogen) atoms. The number of rotatable bonds is 5. The molecule has 4 nitrogen and oxygen atoms in total. The highest BCUT2D eigenvalue weighted by atomic mass is 79.9. The Morgan fingerprint density at radius 1 is 1.42 bits per heavy atom. The Hall–Kier alpha value is -1.43. The van der Waals surface area contributed by atoms with Crippen molar-refractivity contribution in [2.24, 2.45) is 0 Å². The lowest BCUT2D eigenvalue weighted by molar-refractivity contribution is -0.143. The van der Waals surface area contributed by atoms with Gasteiger partial charge in [0.1, 0.15) is 5.82 Å². The third-order valence-electron chi connectivity index (χ3n) is 2.46. The first-order chi connectivity index (χ1) is 8.95. The molecule has 1 amide bonds. The van der Waals surface area contributed by atoms with Crippen molar-refractivity contribution >= 4 is 27.8 Å². The molecule has 6 heteroatoms. The summed E-state index contributed by atoms with van der Waals surface area (Å²) >= 11 is 3.20. The molecule has 0 aliphatic heterocycles. The van der Waals surface area contributed by atoms with Crippen molar-refractivity contribution in [3.8, 4) is 0 Å². The maximum atomic E-state index is 13.1. The molecule has 0 saturated carbocycles. The third kappa shape index (κ3) is 4.63. The topological polar surface area (TPSA) is 46.6 Å². The zero-order valence-electron chi connectivity index (χ0n) is 10.8. The summed E-state index contributed by atoms with van der Waals surface area (Å²) in [5, 5.41) is 0. The van der Waals surface area contributed by atoms with Crippen LogP contribution in [0.3, 0.4) is 0 Å². The van der Waals surface area contributed by atoms with Crippen molar-refractivity contribution in [1.82, 2.24) is 4.90 Å². The largest absolute Gasteiger partial charge is 0.466 e. The number of benzene rings is 1. The first kappa shape index (κ1) is 15.6. The maximum absolute atomic E-state index is 13.1. The maximum Gasteiger partial charge on any atom is 0.307 e. The summed E-state index contributed by atoms with van der Waals surface area (Å²) in [4.78, 5) is 24.6. The molecule has 0 atom stereocenters. The van der Waals surface area contributed by atoms with E-state index in [1.165, 1.54) is 17.0 Å². The van der Waals surface area contributed by atoms with Gasteiger partial charge in [-0.25, -0.2) is 4.39 Å². The van der Waals surface area contributed by atoms with E-state index < -0.39 is 5.82 Å². The number of hydrogen-bond donors (Lipinski definition) is 0. The van der Waals surface area contributed by atoms with Gasteiger partial charge < -0.3 is 9.64 Å². The molecule has 0 N–H and O–H groups in total. The smallest absolute Gasteiger partial charge is 0.307 e. The van der Waals surface area contributed by atoms with Crippen molar-refractivity contribution in [2.75, 3.05) is 20.2 Å². The molecule has 0 fully saturated rings. The zero-order valence-corrected chi connectivity index (χ0v) is 12.4. The molecule has 0 aliphatic rings. The van der Waals surface area contributed by atoms with Crippen LogP contribution in [0.5, 0.6) is 0 Å². The fraction of sp³-hybridized carbons (Fsp3) is 0.385. The van der Waals surface area contributed by atoms with E-state index in [2.05, 4.69) is 15.9 Å². The third-order valence-corrected chi connectivity index (χ3v) is 3.15. The van der Waals surface area contributed by atoms with E-state index in [0.717, 1.165) is 6.07 Å². The summed E-state index contributed by atoms with van der Waals surface area (Å²) < 4.78 is 18.4. The van der Waals surface area contributed by atoms with Gasteiger partial charge in [0, 0.05) is 18.1 Å². The van der Waals surface area contributed by atoms with E-state index >= 15 is 0 Å². The molecular weight excluding hydrogens is 317 g/mol. The molecule has 1 aromatic rings. The number of ether oxygens (including phenoxy) is 1. The highest BCUT2D eigenvalue weighted by Crippen LogP contribution is 2.19. The molecule has 0 aromatic heterocycles. The van der Waals surface area contributed by atoms with Crippen LogP contribution in [0.2, 0.25) is 0 Å². The quantitative estimate of drug-likeness (QED) is 0.779. The Morgan fingerprint density at radius 2 is 2.11 bits per heavy atom. The molecule has 104 valence electrons. The second kappa shape index (κ2) is 7.23. The van der Waals surface area contributed by atoms with Crippen LogP contribution < -0.4 is 0 Å². The molecule has 0 radical (unpaired) electrons. The average molecular weight is 332 g/mol. The van der Waals surface area contributed by atoms with Gasteiger partial charge in [0.15, 0.2) is 0 Å². The van der Waals surface area contributed by atoms with Gasteiger partial charge in [0.25, 0.3) is 5.91 Å². The fourth-order valence-corrected chi connectivity index (χ4v) is 1.88. The van der Waals surface area contributed by atoms with Crippen molar-refractivity contribution in [3.63, 3.8) is 0 Å². The lowest BCUT2D eigenvalue weighted by atomic mass is 10.2. The van der Waals surface area contributed by atoms with Crippen LogP contribution in [0.25, 0.3) is 0 Å². The molecule has 1 aromatic carbocycles. The van der Waals surface area contributed by atoms with E-state index in [4.69, 9.17) is 4.74 Å². The zero-order chi connectivity index (χ0) is 14.4. The SMILES string of the molecule is CCOC(=O)CCN(C)C(=O)c1cc(F)ccc1Br. The summed E-state index contributed by atoms with van der Waals surface area (Å²) in [5.41, 5.74) is 0.228. The summed E-state index contributed by atoms with van der Waals surface area (Å²) in [6.07, 6.45) is 0.114.